The molecule has 2 aromatic carbocycles. The normalized spacial score (nSPS) is 21.0. The monoisotopic (exact) mass is 578 g/mol. The summed E-state index contributed by atoms with van der Waals surface area (Å²) in [6, 6.07) is 8.85. The highest BCUT2D eigenvalue weighted by Gasteiger charge is 2.53. The van der Waals surface area contributed by atoms with Gasteiger partial charge in [-0.2, -0.15) is 0 Å². The van der Waals surface area contributed by atoms with E-state index >= 15 is 4.39 Å². The van der Waals surface area contributed by atoms with Crippen molar-refractivity contribution in [2.24, 2.45) is 0 Å². The molecule has 1 N–H and O–H groups in total. The zero-order valence-electron chi connectivity index (χ0n) is 21.8. The van der Waals surface area contributed by atoms with E-state index in [4.69, 9.17) is 4.74 Å². The number of pyridine rings is 1. The van der Waals surface area contributed by atoms with E-state index < -0.39 is 40.3 Å². The third-order valence-corrected chi connectivity index (χ3v) is 9.34. The van der Waals surface area contributed by atoms with E-state index in [1.165, 1.54) is 34.5 Å². The van der Waals surface area contributed by atoms with Gasteiger partial charge >= 0.3 is 0 Å². The maximum absolute atomic E-state index is 15.5. The van der Waals surface area contributed by atoms with Crippen LogP contribution in [-0.4, -0.2) is 63.3 Å². The summed E-state index contributed by atoms with van der Waals surface area (Å²) in [6.07, 6.45) is 4.86. The van der Waals surface area contributed by atoms with Gasteiger partial charge in [-0.3, -0.25) is 24.1 Å². The Labute approximate surface area is 237 Å². The number of fused-ring (bicyclic) bond motifs is 8. The Morgan fingerprint density at radius 3 is 2.73 bits per heavy atom. The molecule has 210 valence electrons. The standard InChI is InChI=1S/C29H24F2N4O5S/c1-16(36)32-13-29(14-32)8-4-10-40-21-11-19(30)24(31)18-12-41-22-6-3-2-5-17(22)25(23(18)21)35-15-33(29)28(39)26-27(38)20(37)7-9-34(26)35/h2-9,11,25,38H,10,12-15H2,1H3/b8-4+. The first-order valence-electron chi connectivity index (χ1n) is 13.0. The van der Waals surface area contributed by atoms with E-state index in [9.17, 15) is 23.9 Å². The summed E-state index contributed by atoms with van der Waals surface area (Å²) < 4.78 is 38.0. The van der Waals surface area contributed by atoms with E-state index in [0.717, 1.165) is 22.6 Å². The quantitative estimate of drug-likeness (QED) is 0.410. The fourth-order valence-corrected chi connectivity index (χ4v) is 7.28. The molecule has 1 atom stereocenters. The van der Waals surface area contributed by atoms with Crippen LogP contribution in [-0.2, 0) is 10.5 Å². The number of aromatic hydroxyl groups is 1. The first kappa shape index (κ1) is 25.6. The lowest BCUT2D eigenvalue weighted by molar-refractivity contribution is -0.139. The van der Waals surface area contributed by atoms with Crippen LogP contribution in [0.25, 0.3) is 0 Å². The molecule has 1 aromatic heterocycles. The van der Waals surface area contributed by atoms with Crippen molar-refractivity contribution in [1.82, 2.24) is 14.5 Å². The highest BCUT2D eigenvalue weighted by Crippen LogP contribution is 2.48. The van der Waals surface area contributed by atoms with Gasteiger partial charge in [0.15, 0.2) is 23.1 Å². The predicted octanol–water partition coefficient (Wildman–Crippen LogP) is 3.13. The molecule has 0 saturated carbocycles. The zero-order chi connectivity index (χ0) is 28.6. The molecule has 1 saturated heterocycles. The Balaban J connectivity index is 1.54. The second kappa shape index (κ2) is 9.10. The predicted molar refractivity (Wildman–Crippen MR) is 145 cm³/mol. The topological polar surface area (TPSA) is 95.3 Å². The van der Waals surface area contributed by atoms with Crippen LogP contribution >= 0.6 is 11.8 Å². The number of halogens is 2. The molecule has 9 nitrogen and oxygen atoms in total. The van der Waals surface area contributed by atoms with E-state index in [1.807, 2.05) is 24.3 Å². The van der Waals surface area contributed by atoms with Crippen molar-refractivity contribution in [2.45, 2.75) is 29.2 Å². The minimum absolute atomic E-state index is 0.00107. The summed E-state index contributed by atoms with van der Waals surface area (Å²) in [7, 11) is 0. The largest absolute Gasteiger partial charge is 0.502 e. The summed E-state index contributed by atoms with van der Waals surface area (Å²) in [5.41, 5.74) is -0.672. The minimum atomic E-state index is -1.03. The lowest BCUT2D eigenvalue weighted by Gasteiger charge is -2.57. The van der Waals surface area contributed by atoms with Gasteiger partial charge in [0, 0.05) is 60.1 Å². The minimum Gasteiger partial charge on any atom is -0.502 e. The van der Waals surface area contributed by atoms with Gasteiger partial charge in [-0.15, -0.1) is 11.8 Å². The van der Waals surface area contributed by atoms with Crippen LogP contribution < -0.4 is 15.2 Å². The van der Waals surface area contributed by atoms with Gasteiger partial charge in [-0.05, 0) is 17.7 Å². The number of amides is 2. The molecule has 1 fully saturated rings. The summed E-state index contributed by atoms with van der Waals surface area (Å²) in [6.45, 7) is 1.77. The molecular weight excluding hydrogens is 554 g/mol. The van der Waals surface area contributed by atoms with Crippen LogP contribution in [0.3, 0.4) is 0 Å². The van der Waals surface area contributed by atoms with Crippen molar-refractivity contribution in [3.05, 3.63) is 99.0 Å². The number of benzene rings is 2. The van der Waals surface area contributed by atoms with Gasteiger partial charge in [-0.25, -0.2) is 8.78 Å². The first-order valence-corrected chi connectivity index (χ1v) is 14.0. The van der Waals surface area contributed by atoms with E-state index in [0.29, 0.717) is 5.56 Å². The number of carbonyl (C=O) groups is 2. The SMILES string of the molecule is CC(=O)N1CC2(/C=C/COc3cc(F)c(F)c4c3C(c3ccccc3SC4)N3CN2C(=O)c2c(O)c(=O)ccn23)C1. The molecule has 4 aliphatic rings. The van der Waals surface area contributed by atoms with Gasteiger partial charge in [0.1, 0.15) is 25.1 Å². The highest BCUT2D eigenvalue weighted by molar-refractivity contribution is 7.98. The molecule has 2 amide bonds. The maximum atomic E-state index is 15.5. The van der Waals surface area contributed by atoms with Crippen LogP contribution in [0.5, 0.6) is 11.5 Å². The number of hydrogen-bond acceptors (Lipinski definition) is 7. The number of aromatic nitrogens is 1. The van der Waals surface area contributed by atoms with Crippen molar-refractivity contribution >= 4 is 23.6 Å². The number of ether oxygens (including phenoxy) is 1. The fraction of sp³-hybridized carbons (Fsp3) is 0.276. The van der Waals surface area contributed by atoms with Crippen molar-refractivity contribution in [1.29, 1.82) is 0 Å². The lowest BCUT2D eigenvalue weighted by atomic mass is 9.86. The summed E-state index contributed by atoms with van der Waals surface area (Å²) >= 11 is 1.36. The van der Waals surface area contributed by atoms with Crippen LogP contribution in [0.4, 0.5) is 8.78 Å². The van der Waals surface area contributed by atoms with E-state index in [2.05, 4.69) is 0 Å². The zero-order valence-corrected chi connectivity index (χ0v) is 22.7. The number of rotatable bonds is 0. The lowest BCUT2D eigenvalue weighted by Crippen LogP contribution is -2.74. The average molecular weight is 579 g/mol. The van der Waals surface area contributed by atoms with Gasteiger partial charge in [0.2, 0.25) is 11.3 Å². The average Bonchev–Trinajstić information content (AvgIpc) is 3.11. The summed E-state index contributed by atoms with van der Waals surface area (Å²) in [5, 5.41) is 12.7. The van der Waals surface area contributed by atoms with Crippen LogP contribution in [0.1, 0.15) is 40.1 Å². The molecule has 41 heavy (non-hydrogen) atoms. The Morgan fingerprint density at radius 2 is 1.95 bits per heavy atom. The highest BCUT2D eigenvalue weighted by atomic mass is 32.2. The molecule has 0 aliphatic carbocycles. The molecule has 12 heteroatoms. The van der Waals surface area contributed by atoms with Gasteiger partial charge in [0.25, 0.3) is 5.91 Å². The molecule has 4 aliphatic heterocycles. The molecule has 1 unspecified atom stereocenters. The van der Waals surface area contributed by atoms with Crippen LogP contribution in [0, 0.1) is 11.6 Å². The third kappa shape index (κ3) is 3.69. The molecule has 5 heterocycles. The molecule has 3 aromatic rings. The van der Waals surface area contributed by atoms with Crippen molar-refractivity contribution in [3.8, 4) is 11.5 Å². The number of nitrogens with zero attached hydrogens (tertiary/aromatic N) is 4. The molecule has 1 spiro atoms. The smallest absolute Gasteiger partial charge is 0.278 e. The summed E-state index contributed by atoms with van der Waals surface area (Å²) in [4.78, 5) is 42.8. The van der Waals surface area contributed by atoms with Crippen molar-refractivity contribution in [3.63, 3.8) is 0 Å². The molecular formula is C29H24F2N4O5S. The van der Waals surface area contributed by atoms with Crippen LogP contribution in [0.2, 0.25) is 0 Å². The van der Waals surface area contributed by atoms with Gasteiger partial charge < -0.3 is 19.6 Å². The molecule has 7 rings (SSSR count). The fourth-order valence-electron chi connectivity index (χ4n) is 6.17. The van der Waals surface area contributed by atoms with Crippen LogP contribution in [0.15, 0.2) is 64.4 Å². The Morgan fingerprint density at radius 1 is 1.17 bits per heavy atom. The molecule has 2 bridgehead atoms. The van der Waals surface area contributed by atoms with E-state index in [-0.39, 0.29) is 55.0 Å². The number of hydrogen-bond donors (Lipinski definition) is 1. The summed E-state index contributed by atoms with van der Waals surface area (Å²) in [5.74, 6) is -3.21. The Hall–Kier alpha value is -4.32. The number of likely N-dealkylation sites (tertiary alicyclic amines) is 1. The number of carbonyl (C=O) groups excluding carboxylic acids is 2. The Kier molecular flexibility index (Phi) is 5.69. The third-order valence-electron chi connectivity index (χ3n) is 8.22. The number of thioether (sulfide) groups is 1. The first-order chi connectivity index (χ1) is 19.7. The second-order valence-corrected chi connectivity index (χ2v) is 11.5. The second-order valence-electron chi connectivity index (χ2n) is 10.5. The van der Waals surface area contributed by atoms with E-state index in [1.54, 1.807) is 22.1 Å². The molecule has 0 radical (unpaired) electrons. The van der Waals surface area contributed by atoms with Crippen molar-refractivity contribution in [2.75, 3.05) is 31.4 Å². The Bertz CT molecular complexity index is 1730. The van der Waals surface area contributed by atoms with Gasteiger partial charge in [0.05, 0.1) is 5.54 Å². The maximum Gasteiger partial charge on any atom is 0.278 e. The van der Waals surface area contributed by atoms with Crippen molar-refractivity contribution < 1.29 is 28.2 Å². The van der Waals surface area contributed by atoms with Gasteiger partial charge in [-0.1, -0.05) is 24.3 Å².